The lowest BCUT2D eigenvalue weighted by molar-refractivity contribution is -0.385. The Morgan fingerprint density at radius 1 is 0.889 bits per heavy atom. The summed E-state index contributed by atoms with van der Waals surface area (Å²) >= 11 is 0. The van der Waals surface area contributed by atoms with Crippen LogP contribution in [0.3, 0.4) is 0 Å². The van der Waals surface area contributed by atoms with Crippen LogP contribution in [0.2, 0.25) is 0 Å². The Morgan fingerprint density at radius 3 is 2.11 bits per heavy atom. The molecule has 9 nitrogen and oxygen atoms in total. The zero-order chi connectivity index (χ0) is 25.4. The van der Waals surface area contributed by atoms with Crippen molar-refractivity contribution in [3.05, 3.63) is 122 Å². The summed E-state index contributed by atoms with van der Waals surface area (Å²) in [4.78, 5) is 39.1. The molecule has 3 aromatic carbocycles. The summed E-state index contributed by atoms with van der Waals surface area (Å²) in [5, 5.41) is 20.9. The molecule has 1 aliphatic rings. The molecule has 1 aliphatic heterocycles. The van der Waals surface area contributed by atoms with E-state index in [0.717, 1.165) is 0 Å². The van der Waals surface area contributed by atoms with Crippen molar-refractivity contribution in [3.63, 3.8) is 0 Å². The molecule has 2 atom stereocenters. The number of aryl methyl sites for hydroxylation is 1. The van der Waals surface area contributed by atoms with Crippen molar-refractivity contribution in [1.29, 1.82) is 0 Å². The van der Waals surface area contributed by atoms with Crippen molar-refractivity contribution in [2.24, 2.45) is 11.0 Å². The second kappa shape index (κ2) is 9.10. The lowest BCUT2D eigenvalue weighted by Gasteiger charge is -2.23. The Labute approximate surface area is 206 Å². The number of nitro groups is 1. The van der Waals surface area contributed by atoms with Crippen LogP contribution in [0.4, 0.5) is 11.4 Å². The van der Waals surface area contributed by atoms with Crippen LogP contribution in [0.5, 0.6) is 0 Å². The number of benzene rings is 3. The maximum absolute atomic E-state index is 13.8. The normalized spacial score (nSPS) is 16.2. The third-order valence-electron chi connectivity index (χ3n) is 6.43. The van der Waals surface area contributed by atoms with Gasteiger partial charge in [0.25, 0.3) is 17.2 Å². The highest BCUT2D eigenvalue weighted by Crippen LogP contribution is 2.41. The van der Waals surface area contributed by atoms with Gasteiger partial charge in [0, 0.05) is 34.5 Å². The summed E-state index contributed by atoms with van der Waals surface area (Å²) in [5.74, 6) is -2.18. The number of hydrogen-bond acceptors (Lipinski definition) is 5. The van der Waals surface area contributed by atoms with Gasteiger partial charge in [-0.2, -0.15) is 5.10 Å². The van der Waals surface area contributed by atoms with Crippen LogP contribution < -0.4 is 10.6 Å². The number of anilines is 1. The molecule has 0 aliphatic carbocycles. The van der Waals surface area contributed by atoms with Crippen LogP contribution in [0.15, 0.2) is 94.8 Å². The van der Waals surface area contributed by atoms with Gasteiger partial charge in [-0.1, -0.05) is 54.6 Å². The monoisotopic (exact) mass is 481 g/mol. The third-order valence-corrected chi connectivity index (χ3v) is 6.43. The van der Waals surface area contributed by atoms with Gasteiger partial charge in [-0.3, -0.25) is 24.8 Å². The van der Waals surface area contributed by atoms with Gasteiger partial charge >= 0.3 is 0 Å². The Morgan fingerprint density at radius 2 is 1.47 bits per heavy atom. The first-order valence-corrected chi connectivity index (χ1v) is 11.4. The number of amides is 1. The Bertz CT molecular complexity index is 1540. The molecule has 5 rings (SSSR count). The number of hydrazone groups is 1. The van der Waals surface area contributed by atoms with Gasteiger partial charge in [0.15, 0.2) is 0 Å². The molecule has 0 spiro atoms. The van der Waals surface area contributed by atoms with E-state index in [2.05, 4.69) is 10.2 Å². The van der Waals surface area contributed by atoms with Gasteiger partial charge in [-0.05, 0) is 38.1 Å². The van der Waals surface area contributed by atoms with E-state index in [1.165, 1.54) is 15.8 Å². The van der Waals surface area contributed by atoms with Gasteiger partial charge in [0.1, 0.15) is 0 Å². The smallest absolute Gasteiger partial charge is 0.275 e. The number of H-pyrrole nitrogens is 1. The van der Waals surface area contributed by atoms with Crippen molar-refractivity contribution >= 4 is 23.0 Å². The van der Waals surface area contributed by atoms with Crippen molar-refractivity contribution in [3.8, 4) is 5.69 Å². The topological polar surface area (TPSA) is 114 Å². The van der Waals surface area contributed by atoms with Crippen LogP contribution in [-0.4, -0.2) is 26.3 Å². The number of nitrogens with one attached hydrogen (secondary N) is 1. The largest absolute Gasteiger partial charge is 0.295 e. The standard InChI is InChI=1S/C27H23N5O4/c1-17-23(26(33)30(28-17)19-11-5-3-6-12-19)25(21-15-9-10-16-22(21)32(35)36)24-18(2)29-31(27(24)34)20-13-7-4-8-14-20/h3-16,23,25,29H,1-2H3/t23-,25+/m0/s1. The summed E-state index contributed by atoms with van der Waals surface area (Å²) in [6, 6.07) is 24.2. The van der Waals surface area contributed by atoms with Crippen molar-refractivity contribution in [2.45, 2.75) is 19.8 Å². The fourth-order valence-electron chi connectivity index (χ4n) is 4.82. The van der Waals surface area contributed by atoms with Crippen LogP contribution in [-0.2, 0) is 4.79 Å². The van der Waals surface area contributed by atoms with E-state index in [-0.39, 0.29) is 28.3 Å². The highest BCUT2D eigenvalue weighted by Gasteiger charge is 2.45. The van der Waals surface area contributed by atoms with Crippen LogP contribution in [0, 0.1) is 23.0 Å². The highest BCUT2D eigenvalue weighted by molar-refractivity contribution is 6.15. The number of carbonyl (C=O) groups excluding carboxylic acids is 1. The van der Waals surface area contributed by atoms with Gasteiger partial charge in [-0.25, -0.2) is 9.69 Å². The molecule has 0 unspecified atom stereocenters. The first-order valence-electron chi connectivity index (χ1n) is 11.4. The number of rotatable bonds is 6. The van der Waals surface area contributed by atoms with Crippen LogP contribution in [0.25, 0.3) is 5.69 Å². The minimum Gasteiger partial charge on any atom is -0.295 e. The lowest BCUT2D eigenvalue weighted by Crippen LogP contribution is -2.34. The molecule has 180 valence electrons. The zero-order valence-corrected chi connectivity index (χ0v) is 19.7. The summed E-state index contributed by atoms with van der Waals surface area (Å²) in [6.07, 6.45) is 0. The van der Waals surface area contributed by atoms with Gasteiger partial charge in [0.2, 0.25) is 0 Å². The van der Waals surface area contributed by atoms with Crippen LogP contribution in [0.1, 0.15) is 29.7 Å². The molecule has 1 N–H and O–H groups in total. The highest BCUT2D eigenvalue weighted by atomic mass is 16.6. The van der Waals surface area contributed by atoms with Gasteiger partial charge in [-0.15, -0.1) is 0 Å². The minimum atomic E-state index is -0.926. The third kappa shape index (κ3) is 3.80. The maximum atomic E-state index is 13.8. The van der Waals surface area contributed by atoms with E-state index in [9.17, 15) is 19.7 Å². The first kappa shape index (κ1) is 23.0. The van der Waals surface area contributed by atoms with Gasteiger partial charge in [0.05, 0.1) is 22.2 Å². The fourth-order valence-corrected chi connectivity index (χ4v) is 4.82. The van der Waals surface area contributed by atoms with Crippen LogP contribution >= 0.6 is 0 Å². The fraction of sp³-hybridized carbons (Fsp3) is 0.148. The molecule has 9 heteroatoms. The molecule has 4 aromatic rings. The Hall–Kier alpha value is -4.79. The molecule has 0 radical (unpaired) electrons. The predicted molar refractivity (Wildman–Crippen MR) is 137 cm³/mol. The van der Waals surface area contributed by atoms with E-state index in [4.69, 9.17) is 0 Å². The SMILES string of the molecule is CC1=NN(c2ccccc2)C(=O)[C@@H]1[C@@H](c1ccccc1[N+](=O)[O-])c1c(C)[nH]n(-c2ccccc2)c1=O. The minimum absolute atomic E-state index is 0.160. The molecular formula is C27H23N5O4. The van der Waals surface area contributed by atoms with E-state index in [0.29, 0.717) is 22.8 Å². The second-order valence-electron chi connectivity index (χ2n) is 8.62. The molecule has 0 bridgehead atoms. The lowest BCUT2D eigenvalue weighted by atomic mass is 9.77. The Kier molecular flexibility index (Phi) is 5.81. The molecule has 1 amide bonds. The van der Waals surface area contributed by atoms with E-state index in [1.54, 1.807) is 68.4 Å². The molecule has 0 saturated heterocycles. The van der Waals surface area contributed by atoms with Crippen molar-refractivity contribution < 1.29 is 9.72 Å². The zero-order valence-electron chi connectivity index (χ0n) is 19.7. The molecule has 2 heterocycles. The molecular weight excluding hydrogens is 458 g/mol. The van der Waals surface area contributed by atoms with Gasteiger partial charge < -0.3 is 0 Å². The quantitative estimate of drug-likeness (QED) is 0.321. The maximum Gasteiger partial charge on any atom is 0.275 e. The summed E-state index contributed by atoms with van der Waals surface area (Å²) in [5.41, 5.74) is 2.23. The molecule has 0 fully saturated rings. The number of nitrogens with zero attached hydrogens (tertiary/aromatic N) is 4. The number of aromatic nitrogens is 2. The first-order chi connectivity index (χ1) is 17.4. The van der Waals surface area contributed by atoms with Crippen molar-refractivity contribution in [1.82, 2.24) is 9.78 Å². The average molecular weight is 482 g/mol. The summed E-state index contributed by atoms with van der Waals surface area (Å²) < 4.78 is 1.40. The summed E-state index contributed by atoms with van der Waals surface area (Å²) in [7, 11) is 0. The number of para-hydroxylation sites is 3. The number of aromatic amines is 1. The van der Waals surface area contributed by atoms with E-state index < -0.39 is 16.8 Å². The van der Waals surface area contributed by atoms with Crippen molar-refractivity contribution in [2.75, 3.05) is 5.01 Å². The molecule has 36 heavy (non-hydrogen) atoms. The number of nitro benzene ring substituents is 1. The number of hydrogen-bond donors (Lipinski definition) is 1. The number of carbonyl (C=O) groups is 1. The average Bonchev–Trinajstić information content (AvgIpc) is 3.36. The van der Waals surface area contributed by atoms with E-state index >= 15 is 0 Å². The van der Waals surface area contributed by atoms with E-state index in [1.807, 2.05) is 24.3 Å². The summed E-state index contributed by atoms with van der Waals surface area (Å²) in [6.45, 7) is 3.45. The Balaban J connectivity index is 1.72. The molecule has 1 aromatic heterocycles. The predicted octanol–water partition coefficient (Wildman–Crippen LogP) is 4.55. The second-order valence-corrected chi connectivity index (χ2v) is 8.62. The molecule has 0 saturated carbocycles.